The first-order chi connectivity index (χ1) is 13.5. The van der Waals surface area contributed by atoms with E-state index in [1.54, 1.807) is 0 Å². The van der Waals surface area contributed by atoms with Gasteiger partial charge in [0, 0.05) is 24.8 Å². The Hall–Kier alpha value is -1.54. The Morgan fingerprint density at radius 2 is 1.68 bits per heavy atom. The Balaban J connectivity index is 0.00000105. The van der Waals surface area contributed by atoms with E-state index in [-0.39, 0.29) is 0 Å². The van der Waals surface area contributed by atoms with Crippen LogP contribution < -0.4 is 0 Å². The lowest BCUT2D eigenvalue weighted by molar-refractivity contribution is -0.159. The average Bonchev–Trinajstić information content (AvgIpc) is 3.17. The number of ether oxygens (including phenoxy) is 1. The van der Waals surface area contributed by atoms with Crippen molar-refractivity contribution in [3.63, 3.8) is 0 Å². The molecule has 0 radical (unpaired) electrons. The highest BCUT2D eigenvalue weighted by Crippen LogP contribution is 2.13. The summed E-state index contributed by atoms with van der Waals surface area (Å²) in [6, 6.07) is 0. The highest BCUT2D eigenvalue weighted by atomic mass is 32.2. The minimum absolute atomic E-state index is 0.311. The van der Waals surface area contributed by atoms with Gasteiger partial charge in [0.05, 0.1) is 19.0 Å². The van der Waals surface area contributed by atoms with E-state index >= 15 is 0 Å². The molecule has 28 heavy (non-hydrogen) atoms. The van der Waals surface area contributed by atoms with Crippen LogP contribution in [0.2, 0.25) is 0 Å². The molecule has 0 aliphatic carbocycles. The van der Waals surface area contributed by atoms with Gasteiger partial charge in [0.2, 0.25) is 0 Å². The van der Waals surface area contributed by atoms with Gasteiger partial charge in [0.1, 0.15) is 0 Å². The number of carbonyl (C=O) groups is 2. The first-order valence-electron chi connectivity index (χ1n) is 10.1. The van der Waals surface area contributed by atoms with Gasteiger partial charge in [-0.1, -0.05) is 52.4 Å². The first-order valence-corrected chi connectivity index (χ1v) is 11.3. The standard InChI is InChI=1S/C18H34N2OS.C2H2O4/c1-3-5-7-8-9-10-14-22-16-18(21-13-6-4-2)15-20-12-11-19-17-20;3-1(4)2(5)6/h11-12,17-18H,3-10,13-16H2,1-2H3;(H,3,4)(H,5,6). The van der Waals surface area contributed by atoms with Crippen molar-refractivity contribution < 1.29 is 24.5 Å². The average molecular weight is 417 g/mol. The molecule has 0 spiro atoms. The van der Waals surface area contributed by atoms with E-state index in [9.17, 15) is 0 Å². The summed E-state index contributed by atoms with van der Waals surface area (Å²) in [5.74, 6) is -1.29. The largest absolute Gasteiger partial charge is 0.473 e. The molecular formula is C20H36N2O5S. The van der Waals surface area contributed by atoms with Gasteiger partial charge in [-0.25, -0.2) is 14.6 Å². The van der Waals surface area contributed by atoms with Gasteiger partial charge in [0.15, 0.2) is 0 Å². The first kappa shape index (κ1) is 26.5. The van der Waals surface area contributed by atoms with Crippen LogP contribution in [0.15, 0.2) is 18.7 Å². The summed E-state index contributed by atoms with van der Waals surface area (Å²) in [6.45, 7) is 6.29. The Morgan fingerprint density at radius 1 is 1.04 bits per heavy atom. The Bertz CT molecular complexity index is 485. The predicted octanol–water partition coefficient (Wildman–Crippen LogP) is 4.32. The Kier molecular flexibility index (Phi) is 17.8. The monoisotopic (exact) mass is 416 g/mol. The lowest BCUT2D eigenvalue weighted by Crippen LogP contribution is -2.23. The van der Waals surface area contributed by atoms with Gasteiger partial charge in [0.25, 0.3) is 0 Å². The molecular weight excluding hydrogens is 380 g/mol. The third kappa shape index (κ3) is 16.6. The van der Waals surface area contributed by atoms with Crippen LogP contribution in [0.25, 0.3) is 0 Å². The van der Waals surface area contributed by atoms with Crippen LogP contribution in [-0.2, 0) is 20.9 Å². The fraction of sp³-hybridized carbons (Fsp3) is 0.750. The maximum Gasteiger partial charge on any atom is 0.414 e. The quantitative estimate of drug-likeness (QED) is 0.324. The van der Waals surface area contributed by atoms with Crippen molar-refractivity contribution in [2.75, 3.05) is 18.1 Å². The topological polar surface area (TPSA) is 102 Å². The number of imidazole rings is 1. The second kappa shape index (κ2) is 18.8. The third-order valence-electron chi connectivity index (χ3n) is 3.95. The van der Waals surface area contributed by atoms with E-state index in [2.05, 4.69) is 23.4 Å². The summed E-state index contributed by atoms with van der Waals surface area (Å²) in [7, 11) is 0. The Morgan fingerprint density at radius 3 is 2.25 bits per heavy atom. The number of unbranched alkanes of at least 4 members (excludes halogenated alkanes) is 6. The van der Waals surface area contributed by atoms with Crippen molar-refractivity contribution in [1.82, 2.24) is 9.55 Å². The highest BCUT2D eigenvalue weighted by molar-refractivity contribution is 7.99. The Labute approximate surface area is 172 Å². The van der Waals surface area contributed by atoms with E-state index in [0.29, 0.717) is 6.10 Å². The summed E-state index contributed by atoms with van der Waals surface area (Å²) < 4.78 is 8.17. The summed E-state index contributed by atoms with van der Waals surface area (Å²) in [4.78, 5) is 22.3. The van der Waals surface area contributed by atoms with Crippen LogP contribution in [0.1, 0.15) is 65.2 Å². The molecule has 0 aliphatic rings. The predicted molar refractivity (Wildman–Crippen MR) is 113 cm³/mol. The van der Waals surface area contributed by atoms with E-state index in [0.717, 1.165) is 25.3 Å². The van der Waals surface area contributed by atoms with Gasteiger partial charge in [-0.15, -0.1) is 0 Å². The van der Waals surface area contributed by atoms with Crippen LogP contribution in [0.5, 0.6) is 0 Å². The molecule has 0 fully saturated rings. The SMILES string of the molecule is CCCCCCCCSCC(Cn1ccnc1)OCCCC.O=C(O)C(=O)O. The molecule has 0 saturated carbocycles. The van der Waals surface area contributed by atoms with Crippen molar-refractivity contribution in [1.29, 1.82) is 0 Å². The zero-order chi connectivity index (χ0) is 21.0. The summed E-state index contributed by atoms with van der Waals surface area (Å²) in [5.41, 5.74) is 0. The molecule has 1 aromatic heterocycles. The molecule has 0 saturated heterocycles. The third-order valence-corrected chi connectivity index (χ3v) is 5.14. The van der Waals surface area contributed by atoms with Gasteiger partial charge >= 0.3 is 11.9 Å². The molecule has 8 heteroatoms. The number of aliphatic carboxylic acids is 2. The fourth-order valence-electron chi connectivity index (χ4n) is 2.38. The lowest BCUT2D eigenvalue weighted by atomic mass is 10.1. The van der Waals surface area contributed by atoms with Gasteiger partial charge in [-0.05, 0) is 18.6 Å². The number of nitrogens with zero attached hydrogens (tertiary/aromatic N) is 2. The molecule has 1 atom stereocenters. The minimum Gasteiger partial charge on any atom is -0.473 e. The molecule has 1 unspecified atom stereocenters. The number of hydrogen-bond donors (Lipinski definition) is 2. The fourth-order valence-corrected chi connectivity index (χ4v) is 3.42. The molecule has 0 aromatic carbocycles. The van der Waals surface area contributed by atoms with Crippen LogP contribution in [0.4, 0.5) is 0 Å². The lowest BCUT2D eigenvalue weighted by Gasteiger charge is -2.18. The van der Waals surface area contributed by atoms with E-state index in [1.165, 1.54) is 50.7 Å². The second-order valence-corrected chi connectivity index (χ2v) is 7.71. The van der Waals surface area contributed by atoms with Crippen molar-refractivity contribution >= 4 is 23.7 Å². The molecule has 1 rings (SSSR count). The molecule has 2 N–H and O–H groups in total. The van der Waals surface area contributed by atoms with E-state index < -0.39 is 11.9 Å². The number of aromatic nitrogens is 2. The molecule has 1 aromatic rings. The minimum atomic E-state index is -1.82. The van der Waals surface area contributed by atoms with Crippen LogP contribution in [0, 0.1) is 0 Å². The normalized spacial score (nSPS) is 11.5. The molecule has 1 heterocycles. The molecule has 0 aliphatic heterocycles. The second-order valence-electron chi connectivity index (χ2n) is 6.56. The zero-order valence-corrected chi connectivity index (χ0v) is 18.0. The number of thioether (sulfide) groups is 1. The highest BCUT2D eigenvalue weighted by Gasteiger charge is 2.10. The molecule has 0 bridgehead atoms. The van der Waals surface area contributed by atoms with E-state index in [1.807, 2.05) is 30.5 Å². The zero-order valence-electron chi connectivity index (χ0n) is 17.2. The van der Waals surface area contributed by atoms with Crippen molar-refractivity contribution in [2.24, 2.45) is 0 Å². The van der Waals surface area contributed by atoms with Gasteiger partial charge in [-0.3, -0.25) is 0 Å². The summed E-state index contributed by atoms with van der Waals surface area (Å²) in [6.07, 6.45) is 16.7. The molecule has 0 amide bonds. The number of hydrogen-bond acceptors (Lipinski definition) is 5. The number of carboxylic acids is 2. The van der Waals surface area contributed by atoms with E-state index in [4.69, 9.17) is 24.5 Å². The molecule has 7 nitrogen and oxygen atoms in total. The number of rotatable bonds is 15. The van der Waals surface area contributed by atoms with Crippen LogP contribution >= 0.6 is 11.8 Å². The summed E-state index contributed by atoms with van der Waals surface area (Å²) >= 11 is 2.05. The number of carboxylic acid groups (broad SMARTS) is 2. The molecule has 162 valence electrons. The smallest absolute Gasteiger partial charge is 0.414 e. The van der Waals surface area contributed by atoms with Crippen LogP contribution in [-0.4, -0.2) is 55.9 Å². The summed E-state index contributed by atoms with van der Waals surface area (Å²) in [5, 5.41) is 14.8. The van der Waals surface area contributed by atoms with Crippen molar-refractivity contribution in [2.45, 2.75) is 77.9 Å². The maximum absolute atomic E-state index is 9.10. The van der Waals surface area contributed by atoms with Crippen LogP contribution in [0.3, 0.4) is 0 Å². The van der Waals surface area contributed by atoms with Gasteiger partial charge in [-0.2, -0.15) is 11.8 Å². The maximum atomic E-state index is 9.10. The van der Waals surface area contributed by atoms with Crippen molar-refractivity contribution in [3.8, 4) is 0 Å². The van der Waals surface area contributed by atoms with Crippen molar-refractivity contribution in [3.05, 3.63) is 18.7 Å². The van der Waals surface area contributed by atoms with Gasteiger partial charge < -0.3 is 19.5 Å².